The monoisotopic (exact) mass is 253 g/mol. The molecule has 18 heavy (non-hydrogen) atoms. The van der Waals surface area contributed by atoms with E-state index in [0.29, 0.717) is 0 Å². The fraction of sp³-hybridized carbons (Fsp3) is 0.571. The summed E-state index contributed by atoms with van der Waals surface area (Å²) < 4.78 is 5.45. The molecule has 0 bridgehead atoms. The van der Waals surface area contributed by atoms with Gasteiger partial charge >= 0.3 is 0 Å². The summed E-state index contributed by atoms with van der Waals surface area (Å²) in [4.78, 5) is 0. The minimum Gasteiger partial charge on any atom is -0.508 e. The fourth-order valence-corrected chi connectivity index (χ4v) is 1.72. The van der Waals surface area contributed by atoms with Crippen molar-refractivity contribution >= 4 is 0 Å². The highest BCUT2D eigenvalue weighted by Crippen LogP contribution is 2.27. The molecule has 0 saturated heterocycles. The Morgan fingerprint density at radius 3 is 2.56 bits per heavy atom. The molecule has 0 aliphatic carbocycles. The summed E-state index contributed by atoms with van der Waals surface area (Å²) in [6, 6.07) is 4.71. The fourth-order valence-electron chi connectivity index (χ4n) is 1.72. The van der Waals surface area contributed by atoms with Gasteiger partial charge in [-0.05, 0) is 39.8 Å². The lowest BCUT2D eigenvalue weighted by Crippen LogP contribution is -2.21. The number of aromatic hydroxyl groups is 2. The highest BCUT2D eigenvalue weighted by Gasteiger charge is 2.09. The normalized spacial score (nSPS) is 12.9. The van der Waals surface area contributed by atoms with Gasteiger partial charge < -0.3 is 20.3 Å². The third-order valence-electron chi connectivity index (χ3n) is 2.70. The van der Waals surface area contributed by atoms with Crippen molar-refractivity contribution in [1.29, 1.82) is 0 Å². The second kappa shape index (κ2) is 7.24. The van der Waals surface area contributed by atoms with Crippen LogP contribution in [0.15, 0.2) is 18.2 Å². The Hall–Kier alpha value is -1.26. The molecule has 0 saturated carbocycles. The number of rotatable bonds is 7. The van der Waals surface area contributed by atoms with E-state index in [4.69, 9.17) is 4.74 Å². The van der Waals surface area contributed by atoms with E-state index in [-0.39, 0.29) is 23.6 Å². The number of hydrogen-bond donors (Lipinski definition) is 3. The molecule has 3 N–H and O–H groups in total. The lowest BCUT2D eigenvalue weighted by atomic mass is 10.1. The van der Waals surface area contributed by atoms with Gasteiger partial charge in [-0.25, -0.2) is 0 Å². The molecule has 4 heteroatoms. The Labute approximate surface area is 109 Å². The molecule has 0 radical (unpaired) electrons. The van der Waals surface area contributed by atoms with Gasteiger partial charge in [-0.2, -0.15) is 0 Å². The first-order valence-electron chi connectivity index (χ1n) is 6.37. The van der Waals surface area contributed by atoms with Gasteiger partial charge in [0.25, 0.3) is 0 Å². The van der Waals surface area contributed by atoms with Gasteiger partial charge in [-0.15, -0.1) is 0 Å². The van der Waals surface area contributed by atoms with E-state index in [0.717, 1.165) is 25.1 Å². The van der Waals surface area contributed by atoms with Gasteiger partial charge in [-0.1, -0.05) is 6.07 Å². The molecule has 0 heterocycles. The molecule has 0 spiro atoms. The SMILES string of the molecule is CC(C)OCCCNC(C)c1ccc(O)cc1O. The minimum absolute atomic E-state index is 0.0460. The molecule has 1 aromatic carbocycles. The van der Waals surface area contributed by atoms with Crippen LogP contribution in [0.1, 0.15) is 38.8 Å². The van der Waals surface area contributed by atoms with Gasteiger partial charge in [0.05, 0.1) is 6.10 Å². The number of phenolic OH excluding ortho intramolecular Hbond substituents is 2. The van der Waals surface area contributed by atoms with E-state index < -0.39 is 0 Å². The van der Waals surface area contributed by atoms with E-state index in [1.165, 1.54) is 6.07 Å². The minimum atomic E-state index is 0.0460. The maximum atomic E-state index is 9.71. The van der Waals surface area contributed by atoms with Crippen LogP contribution in [0.5, 0.6) is 11.5 Å². The lowest BCUT2D eigenvalue weighted by Gasteiger charge is -2.16. The summed E-state index contributed by atoms with van der Waals surface area (Å²) in [5, 5.41) is 22.2. The molecular weight excluding hydrogens is 230 g/mol. The van der Waals surface area contributed by atoms with Crippen LogP contribution in [-0.2, 0) is 4.74 Å². The predicted molar refractivity (Wildman–Crippen MR) is 71.9 cm³/mol. The molecule has 0 aliphatic rings. The molecule has 0 aromatic heterocycles. The average Bonchev–Trinajstić information content (AvgIpc) is 2.27. The molecule has 4 nitrogen and oxygen atoms in total. The molecule has 0 aliphatic heterocycles. The van der Waals surface area contributed by atoms with Gasteiger partial charge in [0, 0.05) is 24.3 Å². The van der Waals surface area contributed by atoms with Crippen molar-refractivity contribution in [2.45, 2.75) is 39.3 Å². The first kappa shape index (κ1) is 14.8. The Morgan fingerprint density at radius 2 is 1.94 bits per heavy atom. The summed E-state index contributed by atoms with van der Waals surface area (Å²) in [5.41, 5.74) is 0.789. The lowest BCUT2D eigenvalue weighted by molar-refractivity contribution is 0.0768. The van der Waals surface area contributed by atoms with Crippen LogP contribution >= 0.6 is 0 Å². The maximum Gasteiger partial charge on any atom is 0.124 e. The van der Waals surface area contributed by atoms with Crippen LogP contribution in [0.25, 0.3) is 0 Å². The third-order valence-corrected chi connectivity index (χ3v) is 2.70. The van der Waals surface area contributed by atoms with Gasteiger partial charge in [0.15, 0.2) is 0 Å². The van der Waals surface area contributed by atoms with Crippen LogP contribution < -0.4 is 5.32 Å². The van der Waals surface area contributed by atoms with Crippen LogP contribution in [-0.4, -0.2) is 29.5 Å². The zero-order valence-electron chi connectivity index (χ0n) is 11.3. The third kappa shape index (κ3) is 4.94. The average molecular weight is 253 g/mol. The van der Waals surface area contributed by atoms with Crippen molar-refractivity contribution < 1.29 is 14.9 Å². The Morgan fingerprint density at radius 1 is 1.22 bits per heavy atom. The van der Waals surface area contributed by atoms with E-state index in [1.54, 1.807) is 12.1 Å². The Bertz CT molecular complexity index is 366. The molecule has 1 aromatic rings. The molecule has 1 atom stereocenters. The Kier molecular flexibility index (Phi) is 5.95. The summed E-state index contributed by atoms with van der Waals surface area (Å²) in [6.07, 6.45) is 1.20. The number of hydrogen-bond acceptors (Lipinski definition) is 4. The first-order chi connectivity index (χ1) is 8.50. The smallest absolute Gasteiger partial charge is 0.124 e. The van der Waals surface area contributed by atoms with Crippen molar-refractivity contribution in [1.82, 2.24) is 5.32 Å². The molecule has 0 amide bonds. The van der Waals surface area contributed by atoms with Crippen LogP contribution in [0.2, 0.25) is 0 Å². The predicted octanol–water partition coefficient (Wildman–Crippen LogP) is 2.56. The maximum absolute atomic E-state index is 9.71. The number of ether oxygens (including phenoxy) is 1. The van der Waals surface area contributed by atoms with Crippen molar-refractivity contribution in [3.05, 3.63) is 23.8 Å². The van der Waals surface area contributed by atoms with Gasteiger partial charge in [-0.3, -0.25) is 0 Å². The second-order valence-electron chi connectivity index (χ2n) is 4.69. The van der Waals surface area contributed by atoms with Crippen molar-refractivity contribution in [3.8, 4) is 11.5 Å². The number of phenols is 2. The first-order valence-corrected chi connectivity index (χ1v) is 6.37. The van der Waals surface area contributed by atoms with E-state index in [1.807, 2.05) is 20.8 Å². The molecule has 102 valence electrons. The topological polar surface area (TPSA) is 61.7 Å². The van der Waals surface area contributed by atoms with E-state index >= 15 is 0 Å². The largest absolute Gasteiger partial charge is 0.508 e. The van der Waals surface area contributed by atoms with Crippen molar-refractivity contribution in [2.24, 2.45) is 0 Å². The van der Waals surface area contributed by atoms with Crippen LogP contribution in [0, 0.1) is 0 Å². The Balaban J connectivity index is 2.34. The molecular formula is C14H23NO3. The summed E-state index contributed by atoms with van der Waals surface area (Å²) in [5.74, 6) is 0.196. The summed E-state index contributed by atoms with van der Waals surface area (Å²) >= 11 is 0. The highest BCUT2D eigenvalue weighted by atomic mass is 16.5. The number of nitrogens with one attached hydrogen (secondary N) is 1. The van der Waals surface area contributed by atoms with Crippen molar-refractivity contribution in [2.75, 3.05) is 13.2 Å². The van der Waals surface area contributed by atoms with Gasteiger partial charge in [0.1, 0.15) is 11.5 Å². The van der Waals surface area contributed by atoms with Gasteiger partial charge in [0.2, 0.25) is 0 Å². The molecule has 1 unspecified atom stereocenters. The quantitative estimate of drug-likeness (QED) is 0.654. The van der Waals surface area contributed by atoms with Crippen LogP contribution in [0.3, 0.4) is 0 Å². The van der Waals surface area contributed by atoms with Crippen molar-refractivity contribution in [3.63, 3.8) is 0 Å². The van der Waals surface area contributed by atoms with Crippen LogP contribution in [0.4, 0.5) is 0 Å². The summed E-state index contributed by atoms with van der Waals surface area (Å²) in [6.45, 7) is 7.58. The second-order valence-corrected chi connectivity index (χ2v) is 4.69. The molecule has 0 fully saturated rings. The summed E-state index contributed by atoms with van der Waals surface area (Å²) in [7, 11) is 0. The standard InChI is InChI=1S/C14H23NO3/c1-10(2)18-8-4-7-15-11(3)13-6-5-12(16)9-14(13)17/h5-6,9-11,15-17H,4,7-8H2,1-3H3. The van der Waals surface area contributed by atoms with E-state index in [9.17, 15) is 10.2 Å². The zero-order chi connectivity index (χ0) is 13.5. The van der Waals surface area contributed by atoms with E-state index in [2.05, 4.69) is 5.32 Å². The number of benzene rings is 1. The zero-order valence-corrected chi connectivity index (χ0v) is 11.3. The highest BCUT2D eigenvalue weighted by molar-refractivity contribution is 5.40. The molecule has 1 rings (SSSR count).